The topological polar surface area (TPSA) is 77.4 Å². The third-order valence-corrected chi connectivity index (χ3v) is 3.64. The van der Waals surface area contributed by atoms with Crippen LogP contribution < -0.4 is 9.47 Å². The van der Waals surface area contributed by atoms with Gasteiger partial charge < -0.3 is 14.6 Å². The molecule has 26 heavy (non-hydrogen) atoms. The molecule has 0 fully saturated rings. The fourth-order valence-electron chi connectivity index (χ4n) is 2.40. The fourth-order valence-corrected chi connectivity index (χ4v) is 2.40. The Morgan fingerprint density at radius 1 is 0.962 bits per heavy atom. The molecule has 3 rings (SSSR count). The first-order valence-corrected chi connectivity index (χ1v) is 8.11. The van der Waals surface area contributed by atoms with Crippen LogP contribution in [0.25, 0.3) is 0 Å². The number of hydrogen-bond donors (Lipinski definition) is 1. The molecule has 0 aliphatic heterocycles. The van der Waals surface area contributed by atoms with Gasteiger partial charge in [0.2, 0.25) is 0 Å². The highest BCUT2D eigenvalue weighted by Gasteiger charge is 2.09. The Kier molecular flexibility index (Phi) is 6.91. The second kappa shape index (κ2) is 9.36. The number of hydrogen-bond acceptors (Lipinski definition) is 6. The predicted molar refractivity (Wildman–Crippen MR) is 99.8 cm³/mol. The minimum atomic E-state index is 0.275. The van der Waals surface area contributed by atoms with E-state index < -0.39 is 0 Å². The second-order valence-electron chi connectivity index (χ2n) is 5.67. The molecule has 3 heterocycles. The molecule has 0 amide bonds. The van der Waals surface area contributed by atoms with Crippen molar-refractivity contribution in [1.82, 2.24) is 15.0 Å². The van der Waals surface area contributed by atoms with Crippen LogP contribution >= 0.6 is 0 Å². The highest BCUT2D eigenvalue weighted by molar-refractivity contribution is 5.39. The number of aromatic nitrogens is 3. The third kappa shape index (κ3) is 5.44. The minimum absolute atomic E-state index is 0.275. The number of nitrogens with zero attached hydrogens (tertiary/aromatic N) is 3. The van der Waals surface area contributed by atoms with E-state index in [1.807, 2.05) is 32.2 Å². The highest BCUT2D eigenvalue weighted by atomic mass is 16.5. The maximum atomic E-state index is 8.77. The van der Waals surface area contributed by atoms with E-state index in [4.69, 9.17) is 14.6 Å². The van der Waals surface area contributed by atoms with Crippen LogP contribution in [-0.2, 0) is 6.42 Å². The van der Waals surface area contributed by atoms with E-state index in [1.165, 1.54) is 0 Å². The smallest absolute Gasteiger partial charge is 0.143 e. The molecule has 136 valence electrons. The molecule has 0 aromatic carbocycles. The van der Waals surface area contributed by atoms with E-state index in [2.05, 4.69) is 15.0 Å². The Hall–Kier alpha value is -3.15. The van der Waals surface area contributed by atoms with Gasteiger partial charge in [0.25, 0.3) is 0 Å². The summed E-state index contributed by atoms with van der Waals surface area (Å²) in [7, 11) is 3.30. The first-order chi connectivity index (χ1) is 12.5. The van der Waals surface area contributed by atoms with E-state index in [0.29, 0.717) is 6.42 Å². The van der Waals surface area contributed by atoms with Gasteiger partial charge in [0.05, 0.1) is 26.1 Å². The van der Waals surface area contributed by atoms with Crippen LogP contribution in [-0.4, -0.2) is 34.3 Å². The van der Waals surface area contributed by atoms with Gasteiger partial charge in [-0.2, -0.15) is 0 Å². The van der Waals surface area contributed by atoms with E-state index >= 15 is 0 Å². The van der Waals surface area contributed by atoms with Crippen LogP contribution in [0.15, 0.2) is 49.1 Å². The minimum Gasteiger partial charge on any atom is -0.508 e. The van der Waals surface area contributed by atoms with Gasteiger partial charge in [-0.3, -0.25) is 15.0 Å². The van der Waals surface area contributed by atoms with Crippen LogP contribution in [0.4, 0.5) is 0 Å². The summed E-state index contributed by atoms with van der Waals surface area (Å²) >= 11 is 0. The van der Waals surface area contributed by atoms with E-state index in [-0.39, 0.29) is 5.75 Å². The van der Waals surface area contributed by atoms with E-state index in [1.54, 1.807) is 44.9 Å². The molecule has 6 nitrogen and oxygen atoms in total. The Morgan fingerprint density at radius 3 is 2.35 bits per heavy atom. The lowest BCUT2D eigenvalue weighted by Gasteiger charge is -2.10. The summed E-state index contributed by atoms with van der Waals surface area (Å²) in [5.74, 6) is 1.86. The summed E-state index contributed by atoms with van der Waals surface area (Å²) in [4.78, 5) is 12.4. The Morgan fingerprint density at radius 2 is 1.73 bits per heavy atom. The zero-order valence-corrected chi connectivity index (χ0v) is 15.4. The third-order valence-electron chi connectivity index (χ3n) is 3.64. The van der Waals surface area contributed by atoms with Gasteiger partial charge in [0.1, 0.15) is 17.2 Å². The predicted octanol–water partition coefficient (Wildman–Crippen LogP) is 3.49. The van der Waals surface area contributed by atoms with Gasteiger partial charge in [-0.15, -0.1) is 0 Å². The zero-order valence-electron chi connectivity index (χ0n) is 15.4. The van der Waals surface area contributed by atoms with Crippen molar-refractivity contribution in [3.05, 3.63) is 71.6 Å². The fraction of sp³-hybridized carbons (Fsp3) is 0.250. The molecule has 3 aromatic rings. The maximum absolute atomic E-state index is 8.77. The SMILES string of the molecule is COc1cncc(Cc2nccc(C)c2OC)c1.Cc1cc(O)ccn1. The summed E-state index contributed by atoms with van der Waals surface area (Å²) in [5, 5.41) is 8.77. The molecule has 1 N–H and O–H groups in total. The summed E-state index contributed by atoms with van der Waals surface area (Å²) in [5.41, 5.74) is 3.88. The lowest BCUT2D eigenvalue weighted by Crippen LogP contribution is -1.99. The maximum Gasteiger partial charge on any atom is 0.143 e. The monoisotopic (exact) mass is 353 g/mol. The number of rotatable bonds is 4. The molecule has 6 heteroatoms. The number of pyridine rings is 3. The van der Waals surface area contributed by atoms with Gasteiger partial charge in [-0.1, -0.05) is 0 Å². The highest BCUT2D eigenvalue weighted by Crippen LogP contribution is 2.24. The quantitative estimate of drug-likeness (QED) is 0.774. The second-order valence-corrected chi connectivity index (χ2v) is 5.67. The molecule has 0 saturated heterocycles. The largest absolute Gasteiger partial charge is 0.508 e. The average molecular weight is 353 g/mol. The molecule has 0 saturated carbocycles. The van der Waals surface area contributed by atoms with Gasteiger partial charge >= 0.3 is 0 Å². The molecular weight excluding hydrogens is 330 g/mol. The zero-order chi connectivity index (χ0) is 18.9. The Labute approximate surface area is 153 Å². The lowest BCUT2D eigenvalue weighted by atomic mass is 10.1. The number of aromatic hydroxyl groups is 1. The Balaban J connectivity index is 0.000000254. The van der Waals surface area contributed by atoms with Gasteiger partial charge in [0.15, 0.2) is 0 Å². The van der Waals surface area contributed by atoms with Gasteiger partial charge in [-0.25, -0.2) is 0 Å². The van der Waals surface area contributed by atoms with Crippen molar-refractivity contribution < 1.29 is 14.6 Å². The first-order valence-electron chi connectivity index (χ1n) is 8.11. The van der Waals surface area contributed by atoms with Crippen LogP contribution in [0, 0.1) is 13.8 Å². The molecular formula is C20H23N3O3. The molecule has 0 atom stereocenters. The summed E-state index contributed by atoms with van der Waals surface area (Å²) in [6.07, 6.45) is 7.54. The number of ether oxygens (including phenoxy) is 2. The molecule has 0 spiro atoms. The van der Waals surface area contributed by atoms with Crippen molar-refractivity contribution in [3.8, 4) is 17.2 Å². The molecule has 0 unspecified atom stereocenters. The lowest BCUT2D eigenvalue weighted by molar-refractivity contribution is 0.404. The normalized spacial score (nSPS) is 9.85. The van der Waals surface area contributed by atoms with Crippen molar-refractivity contribution in [3.63, 3.8) is 0 Å². The van der Waals surface area contributed by atoms with Crippen LogP contribution in [0.1, 0.15) is 22.5 Å². The molecule has 3 aromatic heterocycles. The molecule has 0 aliphatic carbocycles. The van der Waals surface area contributed by atoms with Crippen molar-refractivity contribution in [2.45, 2.75) is 20.3 Å². The van der Waals surface area contributed by atoms with E-state index in [9.17, 15) is 0 Å². The van der Waals surface area contributed by atoms with Crippen LogP contribution in [0.5, 0.6) is 17.2 Å². The summed E-state index contributed by atoms with van der Waals surface area (Å²) in [6.45, 7) is 3.84. The first kappa shape index (κ1) is 19.2. The number of methoxy groups -OCH3 is 2. The molecule has 0 aliphatic rings. The van der Waals surface area contributed by atoms with Crippen LogP contribution in [0.2, 0.25) is 0 Å². The van der Waals surface area contributed by atoms with Crippen molar-refractivity contribution in [2.75, 3.05) is 14.2 Å². The molecule has 0 bridgehead atoms. The average Bonchev–Trinajstić information content (AvgIpc) is 2.62. The number of aryl methyl sites for hydroxylation is 2. The Bertz CT molecular complexity index is 836. The van der Waals surface area contributed by atoms with Gasteiger partial charge in [0, 0.05) is 36.8 Å². The molecule has 0 radical (unpaired) electrons. The summed E-state index contributed by atoms with van der Waals surface area (Å²) in [6, 6.07) is 7.05. The van der Waals surface area contributed by atoms with Crippen molar-refractivity contribution in [1.29, 1.82) is 0 Å². The van der Waals surface area contributed by atoms with Gasteiger partial charge in [-0.05, 0) is 43.2 Å². The standard InChI is InChI=1S/C14H16N2O2.C6H7NO/c1-10-4-5-16-13(14(10)18-3)7-11-6-12(17-2)9-15-8-11;1-5-4-6(8)2-3-7-5/h4-6,8-9H,7H2,1-3H3;2-4H,1H3,(H,7,8). The van der Waals surface area contributed by atoms with Crippen LogP contribution in [0.3, 0.4) is 0 Å². The summed E-state index contributed by atoms with van der Waals surface area (Å²) < 4.78 is 10.5. The van der Waals surface area contributed by atoms with Crippen molar-refractivity contribution in [2.24, 2.45) is 0 Å². The van der Waals surface area contributed by atoms with E-state index in [0.717, 1.165) is 34.0 Å². The van der Waals surface area contributed by atoms with Crippen molar-refractivity contribution >= 4 is 0 Å².